The molecule has 7 nitrogen and oxygen atoms in total. The smallest absolute Gasteiger partial charge is 0.209 e. The molecule has 0 radical (unpaired) electrons. The van der Waals surface area contributed by atoms with Crippen LogP contribution in [0.1, 0.15) is 11.4 Å². The van der Waals surface area contributed by atoms with Crippen LogP contribution >= 0.6 is 0 Å². The molecule has 2 aromatic rings. The Morgan fingerprint density at radius 2 is 1.36 bits per heavy atom. The molecule has 0 saturated carbocycles. The van der Waals surface area contributed by atoms with Crippen molar-refractivity contribution in [3.05, 3.63) is 41.7 Å². The molecule has 0 aliphatic carbocycles. The second-order valence-corrected chi connectivity index (χ2v) is 7.57. The van der Waals surface area contributed by atoms with E-state index in [2.05, 4.69) is 56.9 Å². The highest BCUT2D eigenvalue weighted by Gasteiger charge is 2.22. The molecule has 0 atom stereocenters. The zero-order valence-electron chi connectivity index (χ0n) is 16.7. The third-order valence-corrected chi connectivity index (χ3v) is 5.57. The first-order valence-corrected chi connectivity index (χ1v) is 9.99. The lowest BCUT2D eigenvalue weighted by atomic mass is 10.2. The van der Waals surface area contributed by atoms with Crippen LogP contribution in [0.5, 0.6) is 0 Å². The molecule has 0 spiro atoms. The van der Waals surface area contributed by atoms with Crippen molar-refractivity contribution in [1.82, 2.24) is 14.9 Å². The first-order valence-electron chi connectivity index (χ1n) is 9.99. The van der Waals surface area contributed by atoms with Crippen molar-refractivity contribution in [2.75, 3.05) is 67.1 Å². The largest absolute Gasteiger partial charge is 0.368 e. The quantitative estimate of drug-likeness (QED) is 0.753. The first-order chi connectivity index (χ1) is 13.6. The summed E-state index contributed by atoms with van der Waals surface area (Å²) in [6.45, 7) is 11.1. The summed E-state index contributed by atoms with van der Waals surface area (Å²) in [5.74, 6) is 2.77. The van der Waals surface area contributed by atoms with Gasteiger partial charge in [-0.05, 0) is 31.5 Å². The van der Waals surface area contributed by atoms with Gasteiger partial charge in [-0.3, -0.25) is 4.79 Å². The molecule has 1 aromatic carbocycles. The second kappa shape index (κ2) is 8.04. The lowest BCUT2D eigenvalue weighted by Gasteiger charge is -2.37. The summed E-state index contributed by atoms with van der Waals surface area (Å²) in [6.07, 6.45) is 0.932. The van der Waals surface area contributed by atoms with Crippen LogP contribution in [0.4, 0.5) is 17.3 Å². The van der Waals surface area contributed by atoms with Crippen molar-refractivity contribution >= 4 is 23.7 Å². The number of amides is 1. The molecular weight excluding hydrogens is 352 g/mol. The second-order valence-electron chi connectivity index (χ2n) is 7.57. The average molecular weight is 380 g/mol. The van der Waals surface area contributed by atoms with Gasteiger partial charge in [0.05, 0.1) is 0 Å². The summed E-state index contributed by atoms with van der Waals surface area (Å²) < 4.78 is 0. The molecular formula is C21H28N6O. The summed E-state index contributed by atoms with van der Waals surface area (Å²) in [7, 11) is 0. The highest BCUT2D eigenvalue weighted by Crippen LogP contribution is 2.23. The zero-order valence-corrected chi connectivity index (χ0v) is 16.7. The van der Waals surface area contributed by atoms with E-state index >= 15 is 0 Å². The van der Waals surface area contributed by atoms with Gasteiger partial charge < -0.3 is 19.6 Å². The summed E-state index contributed by atoms with van der Waals surface area (Å²) >= 11 is 0. The minimum Gasteiger partial charge on any atom is -0.368 e. The SMILES string of the molecule is Cc1cccc(N2CCN(c3cc(N4CCN(C=O)CC4)nc(C)n3)CC2)c1. The molecule has 0 unspecified atom stereocenters. The Kier molecular flexibility index (Phi) is 5.32. The lowest BCUT2D eigenvalue weighted by molar-refractivity contribution is -0.118. The van der Waals surface area contributed by atoms with E-state index in [1.807, 2.05) is 11.8 Å². The summed E-state index contributed by atoms with van der Waals surface area (Å²) in [5.41, 5.74) is 2.60. The van der Waals surface area contributed by atoms with Crippen LogP contribution < -0.4 is 14.7 Å². The summed E-state index contributed by atoms with van der Waals surface area (Å²) in [4.78, 5) is 29.1. The molecule has 2 fully saturated rings. The molecule has 0 N–H and O–H groups in total. The number of rotatable bonds is 4. The molecule has 1 aromatic heterocycles. The van der Waals surface area contributed by atoms with Gasteiger partial charge in [-0.1, -0.05) is 12.1 Å². The Hall–Kier alpha value is -2.83. The van der Waals surface area contributed by atoms with E-state index in [9.17, 15) is 4.79 Å². The standard InChI is InChI=1S/C21H28N6O/c1-17-4-3-5-19(14-17)25-10-12-27(13-11-25)21-15-20(22-18(2)23-21)26-8-6-24(16-28)7-9-26/h3-5,14-16H,6-13H2,1-2H3. The molecule has 3 heterocycles. The van der Waals surface area contributed by atoms with E-state index in [4.69, 9.17) is 4.98 Å². The van der Waals surface area contributed by atoms with Gasteiger partial charge in [-0.25, -0.2) is 9.97 Å². The van der Waals surface area contributed by atoms with E-state index in [1.54, 1.807) is 0 Å². The number of hydrogen-bond donors (Lipinski definition) is 0. The van der Waals surface area contributed by atoms with Gasteiger partial charge in [-0.15, -0.1) is 0 Å². The van der Waals surface area contributed by atoms with Crippen LogP contribution in [0.3, 0.4) is 0 Å². The van der Waals surface area contributed by atoms with Crippen LogP contribution in [-0.2, 0) is 4.79 Å². The minimum atomic E-state index is 0.747. The van der Waals surface area contributed by atoms with Crippen molar-refractivity contribution < 1.29 is 4.79 Å². The molecule has 28 heavy (non-hydrogen) atoms. The number of hydrogen-bond acceptors (Lipinski definition) is 6. The minimum absolute atomic E-state index is 0.747. The monoisotopic (exact) mass is 380 g/mol. The van der Waals surface area contributed by atoms with Gasteiger partial charge in [-0.2, -0.15) is 0 Å². The lowest BCUT2D eigenvalue weighted by Crippen LogP contribution is -2.47. The Bertz CT molecular complexity index is 825. The molecule has 2 saturated heterocycles. The third-order valence-electron chi connectivity index (χ3n) is 5.57. The Morgan fingerprint density at radius 3 is 1.93 bits per heavy atom. The first kappa shape index (κ1) is 18.5. The van der Waals surface area contributed by atoms with E-state index < -0.39 is 0 Å². The highest BCUT2D eigenvalue weighted by atomic mass is 16.1. The third kappa shape index (κ3) is 4.03. The van der Waals surface area contributed by atoms with Crippen molar-refractivity contribution in [2.24, 2.45) is 0 Å². The fourth-order valence-corrected chi connectivity index (χ4v) is 3.94. The summed E-state index contributed by atoms with van der Waals surface area (Å²) in [5, 5.41) is 0. The molecule has 4 rings (SSSR count). The molecule has 2 aliphatic heterocycles. The molecule has 7 heteroatoms. The van der Waals surface area contributed by atoms with Crippen LogP contribution in [-0.4, -0.2) is 73.6 Å². The molecule has 1 amide bonds. The number of carbonyl (C=O) groups excluding carboxylic acids is 1. The van der Waals surface area contributed by atoms with Crippen LogP contribution in [0.2, 0.25) is 0 Å². The number of carbonyl (C=O) groups is 1. The Balaban J connectivity index is 1.44. The Morgan fingerprint density at radius 1 is 0.786 bits per heavy atom. The zero-order chi connectivity index (χ0) is 19.5. The normalized spacial score (nSPS) is 17.8. The van der Waals surface area contributed by atoms with Crippen molar-refractivity contribution in [2.45, 2.75) is 13.8 Å². The van der Waals surface area contributed by atoms with Crippen LogP contribution in [0.25, 0.3) is 0 Å². The molecule has 148 valence electrons. The number of anilines is 3. The number of piperazine rings is 2. The topological polar surface area (TPSA) is 55.8 Å². The highest BCUT2D eigenvalue weighted by molar-refractivity contribution is 5.55. The van der Waals surface area contributed by atoms with E-state index in [1.165, 1.54) is 11.3 Å². The van der Waals surface area contributed by atoms with Crippen molar-refractivity contribution in [3.63, 3.8) is 0 Å². The number of aryl methyl sites for hydroxylation is 2. The van der Waals surface area contributed by atoms with Gasteiger partial charge in [0.2, 0.25) is 6.41 Å². The number of aromatic nitrogens is 2. The van der Waals surface area contributed by atoms with E-state index in [0.29, 0.717) is 0 Å². The van der Waals surface area contributed by atoms with Crippen molar-refractivity contribution in [3.8, 4) is 0 Å². The van der Waals surface area contributed by atoms with Gasteiger partial charge in [0, 0.05) is 64.1 Å². The van der Waals surface area contributed by atoms with Gasteiger partial charge in [0.15, 0.2) is 0 Å². The fourth-order valence-electron chi connectivity index (χ4n) is 3.94. The predicted octanol–water partition coefficient (Wildman–Crippen LogP) is 1.70. The summed E-state index contributed by atoms with van der Waals surface area (Å²) in [6, 6.07) is 10.8. The maximum atomic E-state index is 10.9. The molecule has 0 bridgehead atoms. The molecule has 2 aliphatic rings. The van der Waals surface area contributed by atoms with E-state index in [-0.39, 0.29) is 0 Å². The maximum absolute atomic E-state index is 10.9. The Labute approximate surface area is 166 Å². The van der Waals surface area contributed by atoms with Gasteiger partial charge >= 0.3 is 0 Å². The van der Waals surface area contributed by atoms with Gasteiger partial charge in [0.25, 0.3) is 0 Å². The van der Waals surface area contributed by atoms with Gasteiger partial charge in [0.1, 0.15) is 17.5 Å². The number of nitrogens with zero attached hydrogens (tertiary/aromatic N) is 6. The maximum Gasteiger partial charge on any atom is 0.209 e. The van der Waals surface area contributed by atoms with Crippen LogP contribution in [0.15, 0.2) is 30.3 Å². The average Bonchev–Trinajstić information content (AvgIpc) is 2.73. The van der Waals surface area contributed by atoms with Crippen molar-refractivity contribution in [1.29, 1.82) is 0 Å². The fraction of sp³-hybridized carbons (Fsp3) is 0.476. The van der Waals surface area contributed by atoms with E-state index in [0.717, 1.165) is 76.2 Å². The number of benzene rings is 1. The predicted molar refractivity (Wildman–Crippen MR) is 112 cm³/mol. The van der Waals surface area contributed by atoms with Crippen LogP contribution in [0, 0.1) is 13.8 Å².